The highest BCUT2D eigenvalue weighted by atomic mass is 32.2. The van der Waals surface area contributed by atoms with Crippen LogP contribution in [0.15, 0.2) is 65.1 Å². The molecule has 0 fully saturated rings. The summed E-state index contributed by atoms with van der Waals surface area (Å²) >= 11 is 0. The first kappa shape index (κ1) is 20.0. The summed E-state index contributed by atoms with van der Waals surface area (Å²) in [5.74, 6) is -0.757. The largest absolute Gasteiger partial charge is 0.481 e. The van der Waals surface area contributed by atoms with Gasteiger partial charge in [-0.2, -0.15) is 0 Å². The lowest BCUT2D eigenvalue weighted by atomic mass is 10.0. The van der Waals surface area contributed by atoms with E-state index >= 15 is 0 Å². The number of hydrogen-bond acceptors (Lipinski definition) is 3. The highest BCUT2D eigenvalue weighted by Crippen LogP contribution is 2.23. The molecule has 5 nitrogen and oxygen atoms in total. The Bertz CT molecular complexity index is 792. The first-order valence-electron chi connectivity index (χ1n) is 8.83. The number of carboxylic acid groups (broad SMARTS) is 1. The van der Waals surface area contributed by atoms with E-state index in [2.05, 4.69) is 4.72 Å². The van der Waals surface area contributed by atoms with Crippen molar-refractivity contribution in [1.29, 1.82) is 0 Å². The Kier molecular flexibility index (Phi) is 7.66. The van der Waals surface area contributed by atoms with Crippen LogP contribution in [0.3, 0.4) is 0 Å². The second-order valence-corrected chi connectivity index (χ2v) is 7.97. The third-order valence-electron chi connectivity index (χ3n) is 4.10. The molecule has 1 aliphatic rings. The number of para-hydroxylation sites is 1. The Morgan fingerprint density at radius 3 is 2.54 bits per heavy atom. The summed E-state index contributed by atoms with van der Waals surface area (Å²) < 4.78 is 27.8. The molecule has 2 rings (SSSR count). The first-order valence-corrected chi connectivity index (χ1v) is 10.3. The fourth-order valence-corrected chi connectivity index (χ4v) is 3.88. The van der Waals surface area contributed by atoms with Crippen molar-refractivity contribution in [2.75, 3.05) is 4.72 Å². The van der Waals surface area contributed by atoms with E-state index in [0.717, 1.165) is 37.7 Å². The van der Waals surface area contributed by atoms with Crippen LogP contribution in [-0.2, 0) is 14.8 Å². The van der Waals surface area contributed by atoms with E-state index < -0.39 is 16.0 Å². The van der Waals surface area contributed by atoms with E-state index in [0.29, 0.717) is 12.1 Å². The average Bonchev–Trinajstić information content (AvgIpc) is 2.84. The molecule has 0 radical (unpaired) electrons. The summed E-state index contributed by atoms with van der Waals surface area (Å²) in [5, 5.41) is 8.63. The van der Waals surface area contributed by atoms with Crippen molar-refractivity contribution in [3.05, 3.63) is 65.1 Å². The van der Waals surface area contributed by atoms with Crippen molar-refractivity contribution in [3.8, 4) is 0 Å². The number of carbonyl (C=O) groups is 1. The molecule has 1 aromatic rings. The van der Waals surface area contributed by atoms with E-state index in [4.69, 9.17) is 5.11 Å². The van der Waals surface area contributed by atoms with Gasteiger partial charge < -0.3 is 5.11 Å². The van der Waals surface area contributed by atoms with Gasteiger partial charge >= 0.3 is 5.97 Å². The molecule has 140 valence electrons. The Morgan fingerprint density at radius 1 is 1.08 bits per heavy atom. The van der Waals surface area contributed by atoms with Crippen LogP contribution >= 0.6 is 0 Å². The standard InChI is InChI=1S/C20H25NO4S/c22-20(23)15-7-2-1-4-10-17-11-8-9-14-19(16-17)26(24,25)21-18-12-5-3-6-13-18/h3,5-6,8-9,12-14,16,21H,1-2,4,7,10-11,15H2,(H,22,23). The van der Waals surface area contributed by atoms with E-state index in [1.807, 2.05) is 12.1 Å². The Hall–Kier alpha value is -2.34. The van der Waals surface area contributed by atoms with E-state index in [9.17, 15) is 13.2 Å². The zero-order valence-electron chi connectivity index (χ0n) is 14.7. The lowest BCUT2D eigenvalue weighted by Gasteiger charge is -2.10. The zero-order chi connectivity index (χ0) is 18.8. The number of sulfonamides is 1. The van der Waals surface area contributed by atoms with Gasteiger partial charge in [-0.25, -0.2) is 8.42 Å². The number of allylic oxidation sites excluding steroid dienone is 5. The predicted molar refractivity (Wildman–Crippen MR) is 104 cm³/mol. The highest BCUT2D eigenvalue weighted by molar-refractivity contribution is 7.96. The van der Waals surface area contributed by atoms with Gasteiger partial charge in [0.15, 0.2) is 0 Å². The van der Waals surface area contributed by atoms with Crippen LogP contribution in [0.4, 0.5) is 5.69 Å². The summed E-state index contributed by atoms with van der Waals surface area (Å²) in [6, 6.07) is 8.83. The second kappa shape index (κ2) is 9.97. The molecule has 0 atom stereocenters. The van der Waals surface area contributed by atoms with Crippen LogP contribution < -0.4 is 4.72 Å². The minimum absolute atomic E-state index is 0.210. The number of nitrogens with one attached hydrogen (secondary N) is 1. The van der Waals surface area contributed by atoms with Crippen molar-refractivity contribution in [3.63, 3.8) is 0 Å². The van der Waals surface area contributed by atoms with Gasteiger partial charge in [-0.05, 0) is 50.0 Å². The van der Waals surface area contributed by atoms with Gasteiger partial charge in [0.05, 0.1) is 4.91 Å². The molecule has 6 heteroatoms. The Morgan fingerprint density at radius 2 is 1.81 bits per heavy atom. The van der Waals surface area contributed by atoms with Crippen molar-refractivity contribution < 1.29 is 18.3 Å². The smallest absolute Gasteiger partial charge is 0.303 e. The summed E-state index contributed by atoms with van der Waals surface area (Å²) in [5.41, 5.74) is 1.61. The van der Waals surface area contributed by atoms with Gasteiger partial charge in [-0.3, -0.25) is 9.52 Å². The molecule has 26 heavy (non-hydrogen) atoms. The van der Waals surface area contributed by atoms with E-state index in [1.165, 1.54) is 0 Å². The molecule has 0 saturated carbocycles. The molecule has 0 heterocycles. The summed E-state index contributed by atoms with van der Waals surface area (Å²) in [6.45, 7) is 0. The lowest BCUT2D eigenvalue weighted by Crippen LogP contribution is -2.14. The highest BCUT2D eigenvalue weighted by Gasteiger charge is 2.17. The fraction of sp³-hybridized carbons (Fsp3) is 0.350. The van der Waals surface area contributed by atoms with E-state index in [-0.39, 0.29) is 11.3 Å². The molecule has 0 amide bonds. The maximum absolute atomic E-state index is 12.6. The Balaban J connectivity index is 1.93. The number of carboxylic acids is 1. The molecule has 0 spiro atoms. The molecule has 0 aliphatic heterocycles. The van der Waals surface area contributed by atoms with E-state index in [1.54, 1.807) is 42.5 Å². The third kappa shape index (κ3) is 6.88. The quantitative estimate of drug-likeness (QED) is 0.584. The topological polar surface area (TPSA) is 83.5 Å². The third-order valence-corrected chi connectivity index (χ3v) is 5.48. The van der Waals surface area contributed by atoms with Crippen LogP contribution in [-0.4, -0.2) is 19.5 Å². The molecule has 0 saturated heterocycles. The van der Waals surface area contributed by atoms with Crippen LogP contribution in [0.1, 0.15) is 44.9 Å². The first-order chi connectivity index (χ1) is 12.5. The molecular formula is C20H25NO4S. The SMILES string of the molecule is O=C(O)CCCCCCC1=CC(S(=O)(=O)Nc2ccccc2)=CC=CC1. The Labute approximate surface area is 155 Å². The average molecular weight is 375 g/mol. The molecule has 0 aromatic heterocycles. The van der Waals surface area contributed by atoms with Crippen LogP contribution in [0, 0.1) is 0 Å². The fourth-order valence-electron chi connectivity index (χ4n) is 2.73. The molecule has 0 unspecified atom stereocenters. The summed E-state index contributed by atoms with van der Waals surface area (Å²) in [7, 11) is -3.62. The van der Waals surface area contributed by atoms with Gasteiger partial charge in [-0.15, -0.1) is 0 Å². The van der Waals surface area contributed by atoms with Crippen molar-refractivity contribution in [2.24, 2.45) is 0 Å². The number of rotatable bonds is 10. The maximum Gasteiger partial charge on any atom is 0.303 e. The molecule has 1 aromatic carbocycles. The molecule has 0 bridgehead atoms. The van der Waals surface area contributed by atoms with Crippen molar-refractivity contribution in [1.82, 2.24) is 0 Å². The minimum atomic E-state index is -3.62. The maximum atomic E-state index is 12.6. The molecular weight excluding hydrogens is 350 g/mol. The number of benzene rings is 1. The van der Waals surface area contributed by atoms with Crippen molar-refractivity contribution >= 4 is 21.7 Å². The van der Waals surface area contributed by atoms with Gasteiger partial charge in [0.1, 0.15) is 0 Å². The lowest BCUT2D eigenvalue weighted by molar-refractivity contribution is -0.137. The molecule has 2 N–H and O–H groups in total. The van der Waals surface area contributed by atoms with Crippen molar-refractivity contribution in [2.45, 2.75) is 44.9 Å². The van der Waals surface area contributed by atoms with Gasteiger partial charge in [0.25, 0.3) is 10.0 Å². The summed E-state index contributed by atoms with van der Waals surface area (Å²) in [6.07, 6.45) is 12.3. The van der Waals surface area contributed by atoms with Gasteiger partial charge in [0.2, 0.25) is 0 Å². The van der Waals surface area contributed by atoms with Gasteiger partial charge in [-0.1, -0.05) is 48.8 Å². The number of unbranched alkanes of at least 4 members (excludes halogenated alkanes) is 3. The normalized spacial score (nSPS) is 14.3. The van der Waals surface area contributed by atoms with Gasteiger partial charge in [0, 0.05) is 12.1 Å². The summed E-state index contributed by atoms with van der Waals surface area (Å²) in [4.78, 5) is 10.8. The predicted octanol–water partition coefficient (Wildman–Crippen LogP) is 4.62. The monoisotopic (exact) mass is 375 g/mol. The number of anilines is 1. The van der Waals surface area contributed by atoms with Crippen LogP contribution in [0.5, 0.6) is 0 Å². The van der Waals surface area contributed by atoms with Crippen LogP contribution in [0.25, 0.3) is 0 Å². The zero-order valence-corrected chi connectivity index (χ0v) is 15.5. The second-order valence-electron chi connectivity index (χ2n) is 6.28. The number of hydrogen-bond donors (Lipinski definition) is 2. The number of aliphatic carboxylic acids is 1. The minimum Gasteiger partial charge on any atom is -0.481 e. The van der Waals surface area contributed by atoms with Crippen LogP contribution in [0.2, 0.25) is 0 Å². The molecule has 1 aliphatic carbocycles.